The molecule has 1 fully saturated rings. The average Bonchev–Trinajstić information content (AvgIpc) is 3.31. The smallest absolute Gasteiger partial charge is 0.409 e. The maximum atomic E-state index is 12.5. The quantitative estimate of drug-likeness (QED) is 0.607. The van der Waals surface area contributed by atoms with Crippen molar-refractivity contribution in [3.8, 4) is 17.1 Å². The summed E-state index contributed by atoms with van der Waals surface area (Å²) in [6.45, 7) is 3.66. The van der Waals surface area contributed by atoms with Crippen molar-refractivity contribution in [2.24, 2.45) is 0 Å². The van der Waals surface area contributed by atoms with Gasteiger partial charge in [-0.1, -0.05) is 12.1 Å². The number of hydrogen-bond acceptors (Lipinski definition) is 7. The predicted molar refractivity (Wildman–Crippen MR) is 122 cm³/mol. The van der Waals surface area contributed by atoms with Gasteiger partial charge in [0.25, 0.3) is 0 Å². The van der Waals surface area contributed by atoms with Crippen LogP contribution in [0.25, 0.3) is 11.4 Å². The number of benzene rings is 1. The lowest BCUT2D eigenvalue weighted by molar-refractivity contribution is 0.0341. The molecule has 9 nitrogen and oxygen atoms in total. The van der Waals surface area contributed by atoms with Crippen LogP contribution in [0.3, 0.4) is 0 Å². The first-order valence-corrected chi connectivity index (χ1v) is 11.2. The Labute approximate surface area is 193 Å². The zero-order valence-electron chi connectivity index (χ0n) is 19.0. The van der Waals surface area contributed by atoms with E-state index in [1.165, 1.54) is 12.7 Å². The Balaban J connectivity index is 1.42. The molecule has 0 saturated carbocycles. The molecule has 0 bridgehead atoms. The Morgan fingerprint density at radius 2 is 1.88 bits per heavy atom. The average molecular weight is 449 g/mol. The van der Waals surface area contributed by atoms with Gasteiger partial charge in [0.15, 0.2) is 11.6 Å². The molecular weight excluding hydrogens is 420 g/mol. The van der Waals surface area contributed by atoms with E-state index in [9.17, 15) is 4.79 Å². The molecule has 1 aromatic carbocycles. The summed E-state index contributed by atoms with van der Waals surface area (Å²) in [5, 5.41) is 8.97. The Kier molecular flexibility index (Phi) is 5.72. The molecule has 0 aliphatic carbocycles. The normalized spacial score (nSPS) is 17.6. The fourth-order valence-corrected chi connectivity index (χ4v) is 5.01. The summed E-state index contributed by atoms with van der Waals surface area (Å²) in [5.41, 5.74) is 1.91. The van der Waals surface area contributed by atoms with Gasteiger partial charge < -0.3 is 14.0 Å². The van der Waals surface area contributed by atoms with Crippen LogP contribution in [0.2, 0.25) is 0 Å². The molecule has 2 aliphatic heterocycles. The minimum atomic E-state index is -0.327. The third kappa shape index (κ3) is 4.04. The Hall–Kier alpha value is -3.46. The van der Waals surface area contributed by atoms with Gasteiger partial charge in [0.2, 0.25) is 0 Å². The van der Waals surface area contributed by atoms with E-state index < -0.39 is 0 Å². The number of piperidine rings is 1. The number of pyridine rings is 1. The van der Waals surface area contributed by atoms with E-state index in [4.69, 9.17) is 9.47 Å². The van der Waals surface area contributed by atoms with Crippen LogP contribution in [0.5, 0.6) is 5.75 Å². The van der Waals surface area contributed by atoms with E-state index in [0.717, 1.165) is 55.4 Å². The van der Waals surface area contributed by atoms with E-state index in [-0.39, 0.29) is 11.6 Å². The van der Waals surface area contributed by atoms with Crippen molar-refractivity contribution in [3.05, 3.63) is 60.2 Å². The molecule has 2 aliphatic rings. The summed E-state index contributed by atoms with van der Waals surface area (Å²) in [5.74, 6) is 2.46. The summed E-state index contributed by atoms with van der Waals surface area (Å²) in [4.78, 5) is 20.9. The maximum Gasteiger partial charge on any atom is 0.409 e. The third-order valence-corrected chi connectivity index (χ3v) is 6.73. The zero-order chi connectivity index (χ0) is 22.8. The number of methoxy groups -OCH3 is 2. The molecule has 1 spiro atoms. The van der Waals surface area contributed by atoms with Crippen molar-refractivity contribution >= 4 is 6.09 Å². The van der Waals surface area contributed by atoms with Crippen molar-refractivity contribution in [2.75, 3.05) is 33.9 Å². The highest BCUT2D eigenvalue weighted by Gasteiger charge is 2.45. The van der Waals surface area contributed by atoms with Crippen LogP contribution in [-0.2, 0) is 23.4 Å². The lowest BCUT2D eigenvalue weighted by Crippen LogP contribution is -2.57. The van der Waals surface area contributed by atoms with Gasteiger partial charge >= 0.3 is 6.09 Å². The lowest BCUT2D eigenvalue weighted by Gasteiger charge is -2.48. The maximum absolute atomic E-state index is 12.5. The minimum Gasteiger partial charge on any atom is -0.497 e. The molecule has 0 radical (unpaired) electrons. The largest absolute Gasteiger partial charge is 0.497 e. The van der Waals surface area contributed by atoms with Gasteiger partial charge in [-0.3, -0.25) is 14.8 Å². The summed E-state index contributed by atoms with van der Waals surface area (Å²) < 4.78 is 12.6. The standard InChI is InChI=1S/C24H28N6O3/c1-32-20-7-5-18(6-8-20)15-28-12-9-24(10-13-28)17-29(23(31)33-2)16-21-26-27-22(30(21)24)19-4-3-11-25-14-19/h3-8,11,14H,9-10,12-13,15-17H2,1-2H3. The minimum absolute atomic E-state index is 0.285. The predicted octanol–water partition coefficient (Wildman–Crippen LogP) is 2.92. The van der Waals surface area contributed by atoms with Crippen LogP contribution in [0, 0.1) is 0 Å². The van der Waals surface area contributed by atoms with E-state index in [1.54, 1.807) is 18.2 Å². The van der Waals surface area contributed by atoms with Crippen LogP contribution in [0.15, 0.2) is 48.8 Å². The summed E-state index contributed by atoms with van der Waals surface area (Å²) in [6.07, 6.45) is 5.01. The van der Waals surface area contributed by atoms with Gasteiger partial charge in [-0.05, 0) is 42.7 Å². The Morgan fingerprint density at radius 1 is 1.09 bits per heavy atom. The molecule has 3 aromatic rings. The molecule has 0 atom stereocenters. The molecule has 0 unspecified atom stereocenters. The lowest BCUT2D eigenvalue weighted by atomic mass is 9.84. The first-order valence-electron chi connectivity index (χ1n) is 11.2. The number of fused-ring (bicyclic) bond motifs is 2. The number of rotatable bonds is 4. The zero-order valence-corrected chi connectivity index (χ0v) is 19.0. The molecule has 1 amide bonds. The van der Waals surface area contributed by atoms with E-state index in [2.05, 4.69) is 36.8 Å². The van der Waals surface area contributed by atoms with Crippen LogP contribution in [0.4, 0.5) is 4.79 Å². The summed E-state index contributed by atoms with van der Waals surface area (Å²) in [7, 11) is 3.10. The molecule has 5 rings (SSSR count). The van der Waals surface area contributed by atoms with Crippen molar-refractivity contribution in [1.29, 1.82) is 0 Å². The van der Waals surface area contributed by atoms with Crippen LogP contribution in [-0.4, -0.2) is 69.5 Å². The third-order valence-electron chi connectivity index (χ3n) is 6.73. The Morgan fingerprint density at radius 3 is 2.55 bits per heavy atom. The van der Waals surface area contributed by atoms with Crippen molar-refractivity contribution < 1.29 is 14.3 Å². The van der Waals surface area contributed by atoms with E-state index in [1.807, 2.05) is 30.5 Å². The van der Waals surface area contributed by atoms with Crippen LogP contribution in [0.1, 0.15) is 24.2 Å². The monoisotopic (exact) mass is 448 g/mol. The van der Waals surface area contributed by atoms with Crippen LogP contribution >= 0.6 is 0 Å². The van der Waals surface area contributed by atoms with E-state index >= 15 is 0 Å². The fraction of sp³-hybridized carbons (Fsp3) is 0.417. The first kappa shape index (κ1) is 21.4. The van der Waals surface area contributed by atoms with Gasteiger partial charge in [-0.2, -0.15) is 0 Å². The second-order valence-corrected chi connectivity index (χ2v) is 8.69. The number of nitrogens with zero attached hydrogens (tertiary/aromatic N) is 6. The van der Waals surface area contributed by atoms with Gasteiger partial charge in [0.1, 0.15) is 5.75 Å². The molecular formula is C24H28N6O3. The number of likely N-dealkylation sites (tertiary alicyclic amines) is 1. The van der Waals surface area contributed by atoms with Gasteiger partial charge in [0, 0.05) is 44.1 Å². The van der Waals surface area contributed by atoms with Crippen LogP contribution < -0.4 is 4.74 Å². The highest BCUT2D eigenvalue weighted by atomic mass is 16.5. The molecule has 0 N–H and O–H groups in total. The number of amides is 1. The summed E-state index contributed by atoms with van der Waals surface area (Å²) in [6, 6.07) is 12.1. The summed E-state index contributed by atoms with van der Waals surface area (Å²) >= 11 is 0. The number of ether oxygens (including phenoxy) is 2. The highest BCUT2D eigenvalue weighted by Crippen LogP contribution is 2.39. The number of carbonyl (C=O) groups is 1. The molecule has 1 saturated heterocycles. The Bertz CT molecular complexity index is 1110. The van der Waals surface area contributed by atoms with Gasteiger partial charge in [-0.25, -0.2) is 4.79 Å². The number of aromatic nitrogens is 4. The number of hydrogen-bond donors (Lipinski definition) is 0. The SMILES string of the molecule is COC(=O)N1Cc2nnc(-c3cccnc3)n2C2(CCN(Cc3ccc(OC)cc3)CC2)C1. The second-order valence-electron chi connectivity index (χ2n) is 8.69. The second kappa shape index (κ2) is 8.82. The first-order chi connectivity index (χ1) is 16.1. The van der Waals surface area contributed by atoms with E-state index in [0.29, 0.717) is 13.1 Å². The highest BCUT2D eigenvalue weighted by molar-refractivity contribution is 5.68. The van der Waals surface area contributed by atoms with Crippen molar-refractivity contribution in [2.45, 2.75) is 31.5 Å². The molecule has 9 heteroatoms. The van der Waals surface area contributed by atoms with Crippen molar-refractivity contribution in [3.63, 3.8) is 0 Å². The fourth-order valence-electron chi connectivity index (χ4n) is 5.01. The van der Waals surface area contributed by atoms with Gasteiger partial charge in [0.05, 0.1) is 26.3 Å². The molecule has 4 heterocycles. The molecule has 172 valence electrons. The number of carbonyl (C=O) groups excluding carboxylic acids is 1. The van der Waals surface area contributed by atoms with Gasteiger partial charge in [-0.15, -0.1) is 10.2 Å². The molecule has 2 aromatic heterocycles. The van der Waals surface area contributed by atoms with Crippen molar-refractivity contribution in [1.82, 2.24) is 29.5 Å². The molecule has 33 heavy (non-hydrogen) atoms. The topological polar surface area (TPSA) is 85.6 Å².